The summed E-state index contributed by atoms with van der Waals surface area (Å²) in [6.07, 6.45) is 7.03. The summed E-state index contributed by atoms with van der Waals surface area (Å²) in [6.45, 7) is 0. The highest BCUT2D eigenvalue weighted by molar-refractivity contribution is 5.80. The molecule has 33 heavy (non-hydrogen) atoms. The van der Waals surface area contributed by atoms with Crippen molar-refractivity contribution in [1.82, 2.24) is 0 Å². The Hall–Kier alpha value is -3.70. The number of benzene rings is 2. The highest BCUT2D eigenvalue weighted by Crippen LogP contribution is 2.26. The molecule has 0 aliphatic carbocycles. The van der Waals surface area contributed by atoms with Crippen molar-refractivity contribution in [3.05, 3.63) is 83.0 Å². The first kappa shape index (κ1) is 25.6. The molecule has 0 unspecified atom stereocenters. The zero-order valence-electron chi connectivity index (χ0n) is 17.7. The number of carboxylic acid groups (broad SMARTS) is 2. The van der Waals surface area contributed by atoms with Crippen LogP contribution in [0.5, 0.6) is 0 Å². The SMILES string of the molecule is O=C(O)C=CCCc1cc(Cc2ccc(N(O)O)c(CCC=CC(=O)O)c2)ccc1N(O)O. The number of aryl methyl sites for hydroxylation is 2. The second-order valence-electron chi connectivity index (χ2n) is 7.24. The van der Waals surface area contributed by atoms with Crippen LogP contribution in [0.2, 0.25) is 0 Å². The Labute approximate surface area is 190 Å². The predicted molar refractivity (Wildman–Crippen MR) is 118 cm³/mol. The van der Waals surface area contributed by atoms with E-state index < -0.39 is 11.9 Å². The van der Waals surface area contributed by atoms with Gasteiger partial charge in [0.05, 0.1) is 11.4 Å². The molecule has 2 rings (SSSR count). The van der Waals surface area contributed by atoms with Crippen LogP contribution in [-0.4, -0.2) is 43.0 Å². The van der Waals surface area contributed by atoms with Crippen molar-refractivity contribution >= 4 is 23.3 Å². The third kappa shape index (κ3) is 8.39. The number of hydrogen-bond donors (Lipinski definition) is 6. The minimum absolute atomic E-state index is 0.0225. The molecule has 10 nitrogen and oxygen atoms in total. The van der Waals surface area contributed by atoms with E-state index in [0.29, 0.717) is 43.2 Å². The van der Waals surface area contributed by atoms with Crippen molar-refractivity contribution in [2.75, 3.05) is 10.5 Å². The normalized spacial score (nSPS) is 11.3. The molecule has 0 heterocycles. The molecule has 0 atom stereocenters. The van der Waals surface area contributed by atoms with Gasteiger partial charge >= 0.3 is 11.9 Å². The van der Waals surface area contributed by atoms with Gasteiger partial charge in [0.2, 0.25) is 0 Å². The number of allylic oxidation sites excluding steroid dienone is 2. The molecule has 0 aromatic heterocycles. The molecule has 176 valence electrons. The molecule has 2 aromatic rings. The van der Waals surface area contributed by atoms with Gasteiger partial charge in [-0.2, -0.15) is 0 Å². The lowest BCUT2D eigenvalue weighted by atomic mass is 9.97. The topological polar surface area (TPSA) is 162 Å². The summed E-state index contributed by atoms with van der Waals surface area (Å²) in [6, 6.07) is 10.1. The number of carboxylic acids is 2. The van der Waals surface area contributed by atoms with Gasteiger partial charge in [-0.3, -0.25) is 20.8 Å². The van der Waals surface area contributed by atoms with Gasteiger partial charge in [0, 0.05) is 12.2 Å². The molecule has 0 radical (unpaired) electrons. The van der Waals surface area contributed by atoms with E-state index >= 15 is 0 Å². The molecule has 0 bridgehead atoms. The number of nitrogens with zero attached hydrogens (tertiary/aromatic N) is 2. The van der Waals surface area contributed by atoms with Crippen molar-refractivity contribution in [2.45, 2.75) is 32.1 Å². The highest BCUT2D eigenvalue weighted by atomic mass is 16.8. The molecule has 0 saturated heterocycles. The van der Waals surface area contributed by atoms with Gasteiger partial charge < -0.3 is 10.2 Å². The summed E-state index contributed by atoms with van der Waals surface area (Å²) in [4.78, 5) is 21.2. The van der Waals surface area contributed by atoms with Gasteiger partial charge in [0.15, 0.2) is 0 Å². The van der Waals surface area contributed by atoms with Gasteiger partial charge in [-0.05, 0) is 66.5 Å². The van der Waals surface area contributed by atoms with E-state index in [4.69, 9.17) is 10.2 Å². The lowest BCUT2D eigenvalue weighted by Crippen LogP contribution is -2.14. The maximum Gasteiger partial charge on any atom is 0.327 e. The Bertz CT molecular complexity index is 950. The Morgan fingerprint density at radius 3 is 1.42 bits per heavy atom. The quantitative estimate of drug-likeness (QED) is 0.205. The third-order valence-corrected chi connectivity index (χ3v) is 4.81. The van der Waals surface area contributed by atoms with Crippen LogP contribution >= 0.6 is 0 Å². The molecular formula is C23H26N2O8. The minimum Gasteiger partial charge on any atom is -0.478 e. The maximum atomic E-state index is 10.6. The first-order chi connectivity index (χ1) is 15.7. The van der Waals surface area contributed by atoms with Gasteiger partial charge in [0.1, 0.15) is 0 Å². The number of rotatable bonds is 12. The molecule has 0 aliphatic heterocycles. The van der Waals surface area contributed by atoms with E-state index in [1.807, 2.05) is 0 Å². The van der Waals surface area contributed by atoms with Crippen LogP contribution in [0, 0.1) is 0 Å². The predicted octanol–water partition coefficient (Wildman–Crippen LogP) is 3.59. The van der Waals surface area contributed by atoms with Crippen molar-refractivity contribution in [1.29, 1.82) is 0 Å². The number of hydrogen-bond acceptors (Lipinski definition) is 8. The number of anilines is 2. The molecule has 0 fully saturated rings. The summed E-state index contributed by atoms with van der Waals surface area (Å²) in [7, 11) is 0. The van der Waals surface area contributed by atoms with E-state index in [-0.39, 0.29) is 21.8 Å². The second kappa shape index (κ2) is 12.4. The molecule has 0 saturated carbocycles. The van der Waals surface area contributed by atoms with Gasteiger partial charge in [-0.15, -0.1) is 10.5 Å². The standard InChI is InChI=1S/C23H26N2O8/c26-22(27)7-3-1-5-18-14-16(9-11-20(18)24(30)31)13-17-10-12-21(25(32)33)19(15-17)6-2-4-8-23(28)29/h3-4,7-12,14-15,30-33H,1-2,5-6,13H2,(H,26,27)(H,28,29). The maximum absolute atomic E-state index is 10.6. The molecule has 0 amide bonds. The largest absolute Gasteiger partial charge is 0.478 e. The Balaban J connectivity index is 2.23. The molecule has 0 spiro atoms. The summed E-state index contributed by atoms with van der Waals surface area (Å²) in [5.74, 6) is -2.12. The summed E-state index contributed by atoms with van der Waals surface area (Å²) in [5, 5.41) is 55.3. The summed E-state index contributed by atoms with van der Waals surface area (Å²) >= 11 is 0. The zero-order chi connectivity index (χ0) is 24.4. The smallest absolute Gasteiger partial charge is 0.327 e. The van der Waals surface area contributed by atoms with E-state index in [1.54, 1.807) is 36.4 Å². The van der Waals surface area contributed by atoms with Crippen LogP contribution in [0.4, 0.5) is 11.4 Å². The Morgan fingerprint density at radius 2 is 1.09 bits per heavy atom. The van der Waals surface area contributed by atoms with Crippen LogP contribution in [0.15, 0.2) is 60.7 Å². The van der Waals surface area contributed by atoms with Crippen molar-refractivity contribution < 1.29 is 40.6 Å². The molecule has 0 aliphatic rings. The number of aliphatic carboxylic acids is 2. The van der Waals surface area contributed by atoms with Gasteiger partial charge in [-0.25, -0.2) is 9.59 Å². The lowest BCUT2D eigenvalue weighted by molar-refractivity contribution is -0.132. The van der Waals surface area contributed by atoms with Gasteiger partial charge in [-0.1, -0.05) is 36.4 Å². The highest BCUT2D eigenvalue weighted by Gasteiger charge is 2.12. The average molecular weight is 458 g/mol. The Morgan fingerprint density at radius 1 is 0.697 bits per heavy atom. The number of carbonyl (C=O) groups is 2. The van der Waals surface area contributed by atoms with E-state index in [0.717, 1.165) is 23.3 Å². The van der Waals surface area contributed by atoms with Crippen LogP contribution in [0.3, 0.4) is 0 Å². The lowest BCUT2D eigenvalue weighted by Gasteiger charge is -2.16. The third-order valence-electron chi connectivity index (χ3n) is 4.81. The first-order valence-corrected chi connectivity index (χ1v) is 10.1. The van der Waals surface area contributed by atoms with Crippen molar-refractivity contribution in [3.63, 3.8) is 0 Å². The van der Waals surface area contributed by atoms with Crippen LogP contribution in [0.25, 0.3) is 0 Å². The Kier molecular flexibility index (Phi) is 9.58. The summed E-state index contributed by atoms with van der Waals surface area (Å²) < 4.78 is 0. The zero-order valence-corrected chi connectivity index (χ0v) is 17.7. The fourth-order valence-corrected chi connectivity index (χ4v) is 3.37. The van der Waals surface area contributed by atoms with Crippen LogP contribution in [-0.2, 0) is 28.9 Å². The minimum atomic E-state index is -1.06. The first-order valence-electron chi connectivity index (χ1n) is 10.1. The van der Waals surface area contributed by atoms with Gasteiger partial charge in [0.25, 0.3) is 0 Å². The van der Waals surface area contributed by atoms with E-state index in [9.17, 15) is 30.4 Å². The average Bonchev–Trinajstić information content (AvgIpc) is 2.74. The molecule has 10 heteroatoms. The van der Waals surface area contributed by atoms with E-state index in [2.05, 4.69) is 0 Å². The molecule has 6 N–H and O–H groups in total. The monoisotopic (exact) mass is 458 g/mol. The molecule has 2 aromatic carbocycles. The summed E-state index contributed by atoms with van der Waals surface area (Å²) in [5.41, 5.74) is 3.29. The fraction of sp³-hybridized carbons (Fsp3) is 0.217. The molecular weight excluding hydrogens is 432 g/mol. The van der Waals surface area contributed by atoms with Crippen LogP contribution in [0.1, 0.15) is 35.1 Å². The van der Waals surface area contributed by atoms with Crippen LogP contribution < -0.4 is 10.5 Å². The second-order valence-corrected chi connectivity index (χ2v) is 7.24. The van der Waals surface area contributed by atoms with Crippen molar-refractivity contribution in [2.24, 2.45) is 0 Å². The van der Waals surface area contributed by atoms with Crippen molar-refractivity contribution in [3.8, 4) is 0 Å². The van der Waals surface area contributed by atoms with E-state index in [1.165, 1.54) is 12.2 Å². The fourth-order valence-electron chi connectivity index (χ4n) is 3.37.